The Kier molecular flexibility index (Phi) is 4.03. The van der Waals surface area contributed by atoms with Gasteiger partial charge in [0.25, 0.3) is 0 Å². The molecule has 0 amide bonds. The minimum absolute atomic E-state index is 0.194. The molecule has 116 valence electrons. The van der Waals surface area contributed by atoms with Gasteiger partial charge in [0.2, 0.25) is 12.3 Å². The molecule has 0 fully saturated rings. The molecule has 0 aliphatic heterocycles. The first-order chi connectivity index (χ1) is 11.0. The number of halogens is 3. The Morgan fingerprint density at radius 3 is 2.48 bits per heavy atom. The highest BCUT2D eigenvalue weighted by molar-refractivity contribution is 6.33. The number of hydrogen-bond donors (Lipinski definition) is 0. The van der Waals surface area contributed by atoms with E-state index >= 15 is 0 Å². The van der Waals surface area contributed by atoms with E-state index in [9.17, 15) is 13.6 Å². The molecule has 0 spiro atoms. The lowest BCUT2D eigenvalue weighted by Gasteiger charge is -2.07. The summed E-state index contributed by atoms with van der Waals surface area (Å²) in [6, 6.07) is 7.58. The van der Waals surface area contributed by atoms with Gasteiger partial charge in [0.05, 0.1) is 10.6 Å². The molecule has 2 aromatic carbocycles. The second kappa shape index (κ2) is 6.13. The van der Waals surface area contributed by atoms with Gasteiger partial charge in [-0.15, -0.1) is 10.2 Å². The number of hydrogen-bond acceptors (Lipinski definition) is 5. The van der Waals surface area contributed by atoms with E-state index in [4.69, 9.17) is 20.8 Å². The third-order valence-corrected chi connectivity index (χ3v) is 3.21. The number of carbonyl (C=O) groups excluding carboxylic acids is 1. The molecule has 0 aliphatic carbocycles. The molecular formula is C15H7ClF2N2O3. The summed E-state index contributed by atoms with van der Waals surface area (Å²) in [5, 5.41) is 7.05. The fraction of sp³-hybridized carbons (Fsp3) is 0. The highest BCUT2D eigenvalue weighted by atomic mass is 35.5. The zero-order valence-electron chi connectivity index (χ0n) is 11.3. The number of carbonyl (C=O) groups is 1. The van der Waals surface area contributed by atoms with Crippen LogP contribution in [0.3, 0.4) is 0 Å². The Bertz CT molecular complexity index is 852. The van der Waals surface area contributed by atoms with E-state index < -0.39 is 17.6 Å². The molecule has 0 saturated carbocycles. The van der Waals surface area contributed by atoms with Crippen molar-refractivity contribution in [3.63, 3.8) is 0 Å². The van der Waals surface area contributed by atoms with E-state index in [0.717, 1.165) is 0 Å². The lowest BCUT2D eigenvalue weighted by Crippen LogP contribution is -2.10. The van der Waals surface area contributed by atoms with Crippen LogP contribution in [-0.4, -0.2) is 16.2 Å². The van der Waals surface area contributed by atoms with Crippen LogP contribution in [-0.2, 0) is 0 Å². The molecule has 0 radical (unpaired) electrons. The molecule has 0 saturated heterocycles. The zero-order valence-corrected chi connectivity index (χ0v) is 12.1. The van der Waals surface area contributed by atoms with E-state index in [0.29, 0.717) is 23.6 Å². The summed E-state index contributed by atoms with van der Waals surface area (Å²) in [5.74, 6) is -2.73. The second-order valence-corrected chi connectivity index (χ2v) is 4.81. The smallest absolute Gasteiger partial charge is 0.345 e. The van der Waals surface area contributed by atoms with Crippen LogP contribution in [0.5, 0.6) is 5.75 Å². The maximum absolute atomic E-state index is 13.2. The molecule has 0 atom stereocenters. The fourth-order valence-corrected chi connectivity index (χ4v) is 2.03. The van der Waals surface area contributed by atoms with E-state index in [1.165, 1.54) is 18.5 Å². The molecule has 8 heteroatoms. The Morgan fingerprint density at radius 2 is 1.83 bits per heavy atom. The van der Waals surface area contributed by atoms with Crippen molar-refractivity contribution in [2.24, 2.45) is 0 Å². The van der Waals surface area contributed by atoms with Crippen LogP contribution >= 0.6 is 11.6 Å². The molecule has 0 N–H and O–H groups in total. The van der Waals surface area contributed by atoms with Crippen molar-refractivity contribution in [3.05, 3.63) is 65.0 Å². The van der Waals surface area contributed by atoms with Crippen molar-refractivity contribution in [2.45, 2.75) is 0 Å². The Labute approximate surface area is 133 Å². The summed E-state index contributed by atoms with van der Waals surface area (Å²) < 4.78 is 36.3. The number of benzene rings is 2. The summed E-state index contributed by atoms with van der Waals surface area (Å²) in [7, 11) is 0. The summed E-state index contributed by atoms with van der Waals surface area (Å²) in [5.41, 5.74) is 0.361. The fourth-order valence-electron chi connectivity index (χ4n) is 1.81. The van der Waals surface area contributed by atoms with Gasteiger partial charge in [-0.1, -0.05) is 11.6 Å². The maximum atomic E-state index is 13.2. The number of esters is 1. The van der Waals surface area contributed by atoms with Gasteiger partial charge in [-0.05, 0) is 36.4 Å². The monoisotopic (exact) mass is 336 g/mol. The van der Waals surface area contributed by atoms with E-state index in [1.54, 1.807) is 12.1 Å². The van der Waals surface area contributed by atoms with Crippen LogP contribution < -0.4 is 4.74 Å². The molecule has 1 heterocycles. The largest absolute Gasteiger partial charge is 0.423 e. The third kappa shape index (κ3) is 3.19. The highest BCUT2D eigenvalue weighted by Crippen LogP contribution is 2.24. The third-order valence-electron chi connectivity index (χ3n) is 2.90. The Hall–Kier alpha value is -2.80. The Morgan fingerprint density at radius 1 is 1.13 bits per heavy atom. The van der Waals surface area contributed by atoms with Crippen LogP contribution in [0.1, 0.15) is 10.4 Å². The lowest BCUT2D eigenvalue weighted by molar-refractivity contribution is 0.0734. The van der Waals surface area contributed by atoms with Gasteiger partial charge in [-0.2, -0.15) is 0 Å². The van der Waals surface area contributed by atoms with Crippen molar-refractivity contribution in [3.8, 4) is 17.2 Å². The summed E-state index contributed by atoms with van der Waals surface area (Å²) in [6.07, 6.45) is 1.19. The molecule has 1 aromatic heterocycles. The van der Waals surface area contributed by atoms with Crippen molar-refractivity contribution >= 4 is 17.6 Å². The first-order valence-electron chi connectivity index (χ1n) is 6.28. The quantitative estimate of drug-likeness (QED) is 0.412. The first-order valence-corrected chi connectivity index (χ1v) is 6.65. The predicted molar refractivity (Wildman–Crippen MR) is 76.1 cm³/mol. The first kappa shape index (κ1) is 15.1. The average Bonchev–Trinajstić information content (AvgIpc) is 3.06. The maximum Gasteiger partial charge on any atom is 0.345 e. The minimum atomic E-state index is -1.19. The summed E-state index contributed by atoms with van der Waals surface area (Å²) in [6.45, 7) is 0. The molecule has 0 unspecified atom stereocenters. The van der Waals surface area contributed by atoms with Crippen molar-refractivity contribution < 1.29 is 22.7 Å². The van der Waals surface area contributed by atoms with Gasteiger partial charge in [-0.3, -0.25) is 0 Å². The average molecular weight is 337 g/mol. The number of aromatic nitrogens is 2. The van der Waals surface area contributed by atoms with Gasteiger partial charge in [0.1, 0.15) is 5.75 Å². The molecule has 3 aromatic rings. The minimum Gasteiger partial charge on any atom is -0.423 e. The standard InChI is InChI=1S/C15H7ClF2N2O3/c16-11-6-13(18)12(17)5-10(11)15(21)23-9-3-1-8(2-4-9)14-20-19-7-22-14/h1-7H. The Balaban J connectivity index is 1.79. The molecule has 23 heavy (non-hydrogen) atoms. The predicted octanol–water partition coefficient (Wildman–Crippen LogP) is 3.89. The van der Waals surface area contributed by atoms with Gasteiger partial charge in [-0.25, -0.2) is 13.6 Å². The zero-order chi connectivity index (χ0) is 16.4. The normalized spacial score (nSPS) is 10.6. The number of nitrogens with zero attached hydrogens (tertiary/aromatic N) is 2. The molecule has 5 nitrogen and oxygen atoms in total. The lowest BCUT2D eigenvalue weighted by atomic mass is 10.2. The molecular weight excluding hydrogens is 330 g/mol. The van der Waals surface area contributed by atoms with Gasteiger partial charge in [0.15, 0.2) is 11.6 Å². The van der Waals surface area contributed by atoms with Gasteiger partial charge >= 0.3 is 5.97 Å². The summed E-state index contributed by atoms with van der Waals surface area (Å²) >= 11 is 5.72. The number of ether oxygens (including phenoxy) is 1. The molecule has 0 bridgehead atoms. The second-order valence-electron chi connectivity index (χ2n) is 4.40. The van der Waals surface area contributed by atoms with Crippen LogP contribution in [0.25, 0.3) is 11.5 Å². The van der Waals surface area contributed by atoms with E-state index in [2.05, 4.69) is 10.2 Å². The van der Waals surface area contributed by atoms with Crippen LogP contribution in [0, 0.1) is 11.6 Å². The van der Waals surface area contributed by atoms with Crippen molar-refractivity contribution in [1.29, 1.82) is 0 Å². The van der Waals surface area contributed by atoms with E-state index in [-0.39, 0.29) is 16.3 Å². The van der Waals surface area contributed by atoms with E-state index in [1.807, 2.05) is 0 Å². The molecule has 0 aliphatic rings. The van der Waals surface area contributed by atoms with Crippen LogP contribution in [0.2, 0.25) is 5.02 Å². The topological polar surface area (TPSA) is 65.2 Å². The van der Waals surface area contributed by atoms with Crippen molar-refractivity contribution in [1.82, 2.24) is 10.2 Å². The SMILES string of the molecule is O=C(Oc1ccc(-c2nnco2)cc1)c1cc(F)c(F)cc1Cl. The van der Waals surface area contributed by atoms with Crippen LogP contribution in [0.15, 0.2) is 47.2 Å². The number of rotatable bonds is 3. The van der Waals surface area contributed by atoms with Gasteiger partial charge < -0.3 is 9.15 Å². The van der Waals surface area contributed by atoms with Gasteiger partial charge in [0, 0.05) is 5.56 Å². The summed E-state index contributed by atoms with van der Waals surface area (Å²) in [4.78, 5) is 12.0. The van der Waals surface area contributed by atoms with Crippen LogP contribution in [0.4, 0.5) is 8.78 Å². The van der Waals surface area contributed by atoms with Crippen molar-refractivity contribution in [2.75, 3.05) is 0 Å². The highest BCUT2D eigenvalue weighted by Gasteiger charge is 2.17. The molecule has 3 rings (SSSR count).